The molecule has 0 aliphatic carbocycles. The van der Waals surface area contributed by atoms with Gasteiger partial charge in [0, 0.05) is 5.56 Å². The van der Waals surface area contributed by atoms with Gasteiger partial charge in [0.25, 0.3) is 0 Å². The van der Waals surface area contributed by atoms with Crippen molar-refractivity contribution in [2.45, 2.75) is 0 Å². The molecule has 0 N–H and O–H groups in total. The topological polar surface area (TPSA) is 17.1 Å². The minimum absolute atomic E-state index is 0. The molecule has 0 aromatic heterocycles. The Morgan fingerprint density at radius 3 is 2.21 bits per heavy atom. The van der Waals surface area contributed by atoms with E-state index in [9.17, 15) is 22.1 Å². The first-order chi connectivity index (χ1) is 5.96. The van der Waals surface area contributed by atoms with Crippen molar-refractivity contribution < 1.29 is 73.5 Å². The molecule has 7 heteroatoms. The van der Waals surface area contributed by atoms with Crippen LogP contribution in [0.2, 0.25) is 0 Å². The van der Waals surface area contributed by atoms with Gasteiger partial charge in [-0.3, -0.25) is 4.79 Å². The number of halogens is 4. The van der Waals surface area contributed by atoms with E-state index in [0.717, 1.165) is 12.1 Å². The molecule has 0 saturated carbocycles. The van der Waals surface area contributed by atoms with Crippen molar-refractivity contribution in [1.82, 2.24) is 0 Å². The molecule has 0 aliphatic rings. The third kappa shape index (κ3) is 3.16. The van der Waals surface area contributed by atoms with Crippen molar-refractivity contribution in [2.75, 3.05) is 0 Å². The van der Waals surface area contributed by atoms with E-state index >= 15 is 0 Å². The summed E-state index contributed by atoms with van der Waals surface area (Å²) in [7, 11) is 0. The van der Waals surface area contributed by atoms with Crippen LogP contribution >= 0.6 is 0 Å². The number of hydrogen-bond acceptors (Lipinski definition) is 1. The molecule has 0 aliphatic heterocycles. The second-order valence-corrected chi connectivity index (χ2v) is 2.44. The summed E-state index contributed by atoms with van der Waals surface area (Å²) in [6.07, 6.45) is 0.0562. The van der Waals surface area contributed by atoms with E-state index in [0.29, 0.717) is 6.07 Å². The maximum absolute atomic E-state index is 12.8. The molecular formula is C7H4BF4KO. The van der Waals surface area contributed by atoms with Crippen LogP contribution < -0.4 is 56.8 Å². The number of carbonyl (C=O) groups excluding carboxylic acids is 1. The monoisotopic (exact) mass is 230 g/mol. The van der Waals surface area contributed by atoms with Gasteiger partial charge in [0.05, 0.1) is 0 Å². The van der Waals surface area contributed by atoms with Crippen LogP contribution in [0.5, 0.6) is 0 Å². The molecule has 14 heavy (non-hydrogen) atoms. The first kappa shape index (κ1) is 14.3. The van der Waals surface area contributed by atoms with Crippen LogP contribution in [0.15, 0.2) is 18.2 Å². The number of benzene rings is 1. The normalized spacial score (nSPS) is 10.6. The minimum atomic E-state index is -5.39. The number of carbonyl (C=O) groups is 1. The van der Waals surface area contributed by atoms with Crippen LogP contribution in [-0.4, -0.2) is 13.3 Å². The van der Waals surface area contributed by atoms with Gasteiger partial charge in [-0.2, -0.15) is 0 Å². The fourth-order valence-electron chi connectivity index (χ4n) is 0.912. The molecule has 0 unspecified atom stereocenters. The summed E-state index contributed by atoms with van der Waals surface area (Å²) in [6, 6.07) is 2.60. The Kier molecular flexibility index (Phi) is 5.53. The van der Waals surface area contributed by atoms with E-state index < -0.39 is 23.8 Å². The van der Waals surface area contributed by atoms with Gasteiger partial charge in [-0.25, -0.2) is 4.39 Å². The minimum Gasteiger partial charge on any atom is -0.445 e. The average Bonchev–Trinajstić information content (AvgIpc) is 2.02. The number of hydrogen-bond donors (Lipinski definition) is 0. The van der Waals surface area contributed by atoms with Gasteiger partial charge < -0.3 is 12.9 Å². The molecule has 1 nitrogen and oxygen atoms in total. The Bertz CT molecular complexity index is 339. The summed E-state index contributed by atoms with van der Waals surface area (Å²) >= 11 is 0. The first-order valence-corrected chi connectivity index (χ1v) is 3.40. The standard InChI is InChI=1S/C7H4BF4O.K/c9-7-5(4-13)2-1-3-6(7)8(10,11)12;/h1-4H;/q-1;+1. The summed E-state index contributed by atoms with van der Waals surface area (Å²) < 4.78 is 49.0. The Balaban J connectivity index is 0.00000169. The molecule has 0 heterocycles. The summed E-state index contributed by atoms with van der Waals surface area (Å²) in [5.41, 5.74) is -1.93. The fraction of sp³-hybridized carbons (Fsp3) is 0. The van der Waals surface area contributed by atoms with Gasteiger partial charge in [0.2, 0.25) is 0 Å². The average molecular weight is 230 g/mol. The van der Waals surface area contributed by atoms with Crippen molar-refractivity contribution >= 4 is 18.7 Å². The Labute approximate surface area is 120 Å². The molecule has 1 rings (SSSR count). The molecule has 0 bridgehead atoms. The molecule has 70 valence electrons. The molecule has 0 saturated heterocycles. The van der Waals surface area contributed by atoms with Crippen molar-refractivity contribution in [3.05, 3.63) is 29.6 Å². The fourth-order valence-corrected chi connectivity index (χ4v) is 0.912. The van der Waals surface area contributed by atoms with E-state index in [1.165, 1.54) is 0 Å². The Hall–Kier alpha value is 0.311. The van der Waals surface area contributed by atoms with Crippen molar-refractivity contribution in [2.24, 2.45) is 0 Å². The van der Waals surface area contributed by atoms with Crippen molar-refractivity contribution in [3.8, 4) is 0 Å². The van der Waals surface area contributed by atoms with Crippen LogP contribution in [0.25, 0.3) is 0 Å². The second-order valence-electron chi connectivity index (χ2n) is 2.44. The molecule has 0 atom stereocenters. The molecule has 0 radical (unpaired) electrons. The summed E-state index contributed by atoms with van der Waals surface area (Å²) in [4.78, 5) is 10.1. The quantitative estimate of drug-likeness (QED) is 0.350. The van der Waals surface area contributed by atoms with Crippen molar-refractivity contribution in [1.29, 1.82) is 0 Å². The molecule has 1 aromatic rings. The van der Waals surface area contributed by atoms with Crippen LogP contribution in [0.4, 0.5) is 17.3 Å². The number of rotatable bonds is 2. The van der Waals surface area contributed by atoms with Crippen LogP contribution in [-0.2, 0) is 0 Å². The van der Waals surface area contributed by atoms with Gasteiger partial charge in [0.1, 0.15) is 5.82 Å². The third-order valence-corrected chi connectivity index (χ3v) is 1.54. The van der Waals surface area contributed by atoms with Crippen molar-refractivity contribution in [3.63, 3.8) is 0 Å². The van der Waals surface area contributed by atoms with E-state index in [1.807, 2.05) is 0 Å². The van der Waals surface area contributed by atoms with E-state index in [-0.39, 0.29) is 57.7 Å². The molecule has 1 aromatic carbocycles. The molecule has 0 spiro atoms. The summed E-state index contributed by atoms with van der Waals surface area (Å²) in [6.45, 7) is -5.39. The Morgan fingerprint density at radius 2 is 1.79 bits per heavy atom. The summed E-state index contributed by atoms with van der Waals surface area (Å²) in [5, 5.41) is 0. The zero-order chi connectivity index (χ0) is 10.1. The van der Waals surface area contributed by atoms with Crippen LogP contribution in [0.3, 0.4) is 0 Å². The van der Waals surface area contributed by atoms with E-state index in [1.54, 1.807) is 0 Å². The van der Waals surface area contributed by atoms with Gasteiger partial charge in [0.15, 0.2) is 6.29 Å². The smallest absolute Gasteiger partial charge is 0.445 e. The zero-order valence-electron chi connectivity index (χ0n) is 7.31. The van der Waals surface area contributed by atoms with Gasteiger partial charge >= 0.3 is 58.4 Å². The van der Waals surface area contributed by atoms with Crippen LogP contribution in [0, 0.1) is 5.82 Å². The van der Waals surface area contributed by atoms with Gasteiger partial charge in [-0.15, -0.1) is 0 Å². The SMILES string of the molecule is O=Cc1cccc([B-](F)(F)F)c1F.[K+]. The largest absolute Gasteiger partial charge is 1.00 e. The molecule has 0 fully saturated rings. The van der Waals surface area contributed by atoms with E-state index in [4.69, 9.17) is 0 Å². The Morgan fingerprint density at radius 1 is 1.21 bits per heavy atom. The van der Waals surface area contributed by atoms with Crippen LogP contribution in [0.1, 0.15) is 10.4 Å². The molecule has 0 amide bonds. The maximum atomic E-state index is 12.8. The predicted octanol–water partition coefficient (Wildman–Crippen LogP) is -1.30. The van der Waals surface area contributed by atoms with Gasteiger partial charge in [-0.05, 0) is 6.07 Å². The third-order valence-electron chi connectivity index (χ3n) is 1.54. The molecular weight excluding hydrogens is 226 g/mol. The first-order valence-electron chi connectivity index (χ1n) is 3.40. The van der Waals surface area contributed by atoms with E-state index in [2.05, 4.69) is 0 Å². The summed E-state index contributed by atoms with van der Waals surface area (Å²) in [5.74, 6) is -1.50. The predicted molar refractivity (Wildman–Crippen MR) is 40.5 cm³/mol. The van der Waals surface area contributed by atoms with Gasteiger partial charge in [-0.1, -0.05) is 17.6 Å². The second kappa shape index (κ2) is 5.41. The number of aldehydes is 1. The zero-order valence-corrected chi connectivity index (χ0v) is 10.4. The maximum Gasteiger partial charge on any atom is 1.00 e.